The van der Waals surface area contributed by atoms with Gasteiger partial charge in [0.1, 0.15) is 0 Å². The summed E-state index contributed by atoms with van der Waals surface area (Å²) in [5, 5.41) is -2.39. The van der Waals surface area contributed by atoms with E-state index in [-0.39, 0.29) is 50.7 Å². The first-order valence-corrected chi connectivity index (χ1v) is 48.3. The van der Waals surface area contributed by atoms with E-state index in [1.165, 1.54) is 152 Å². The Morgan fingerprint density at radius 3 is 0.537 bits per heavy atom. The molecule has 0 spiro atoms. The van der Waals surface area contributed by atoms with E-state index >= 15 is 0 Å². The van der Waals surface area contributed by atoms with Crippen molar-refractivity contribution >= 4 is 132 Å². The molecule has 3 aliphatic rings. The molecule has 654 valence electrons. The van der Waals surface area contributed by atoms with Crippen LogP contribution in [0.15, 0.2) is 485 Å². The number of carbonyl (C=O) groups excluding carboxylic acids is 6. The van der Waals surface area contributed by atoms with E-state index in [0.29, 0.717) is 16.7 Å². The maximum absolute atomic E-state index is 13.2. The van der Waals surface area contributed by atoms with Crippen molar-refractivity contribution in [2.45, 2.75) is 16.2 Å². The van der Waals surface area contributed by atoms with Crippen molar-refractivity contribution in [3.8, 4) is 66.8 Å². The molecule has 0 bridgehead atoms. The quantitative estimate of drug-likeness (QED) is 0.0626. The number of halogens is 7. The predicted molar refractivity (Wildman–Crippen MR) is 565 cm³/mol. The van der Waals surface area contributed by atoms with Gasteiger partial charge < -0.3 is 0 Å². The topological polar surface area (TPSA) is 102 Å². The van der Waals surface area contributed by atoms with Crippen molar-refractivity contribution in [3.05, 3.63) is 602 Å². The summed E-state index contributed by atoms with van der Waals surface area (Å²) >= 11 is 29.0. The number of hydrogen-bond donors (Lipinski definition) is 0. The van der Waals surface area contributed by atoms with Crippen LogP contribution < -0.4 is 0 Å². The van der Waals surface area contributed by atoms with Gasteiger partial charge in [-0.15, -0.1) is 0 Å². The first-order valence-electron chi connectivity index (χ1n) is 44.0. The van der Waals surface area contributed by atoms with Crippen LogP contribution in [0.1, 0.15) is 146 Å². The highest BCUT2D eigenvalue weighted by molar-refractivity contribution is 9.11. The molecule has 0 heterocycles. The summed E-state index contributed by atoms with van der Waals surface area (Å²) in [5.74, 6) is -0.798. The molecule has 6 nitrogen and oxygen atoms in total. The molecule has 13 heteroatoms. The zero-order valence-electron chi connectivity index (χ0n) is 72.6. The van der Waals surface area contributed by atoms with Gasteiger partial charge in [0.15, 0.2) is 17.3 Å². The molecule has 0 atom stereocenters. The van der Waals surface area contributed by atoms with Crippen molar-refractivity contribution in [1.29, 1.82) is 0 Å². The average molecular weight is 2080 g/mol. The van der Waals surface area contributed by atoms with E-state index in [0.717, 1.165) is 17.9 Å². The van der Waals surface area contributed by atoms with Crippen LogP contribution >= 0.6 is 98.5 Å². The van der Waals surface area contributed by atoms with Crippen LogP contribution in [0, 0.1) is 0 Å². The van der Waals surface area contributed by atoms with Gasteiger partial charge in [0.25, 0.3) is 15.7 Å². The number of benzene rings is 19. The van der Waals surface area contributed by atoms with E-state index in [9.17, 15) is 28.8 Å². The van der Waals surface area contributed by atoms with Crippen LogP contribution in [0.4, 0.5) is 0 Å². The van der Waals surface area contributed by atoms with Crippen molar-refractivity contribution in [3.63, 3.8) is 0 Å². The average Bonchev–Trinajstić information content (AvgIpc) is 1.50. The summed E-state index contributed by atoms with van der Waals surface area (Å²) in [6.07, 6.45) is 0. The normalized spacial score (nSPS) is 12.6. The Hall–Kier alpha value is -14.0. The molecule has 0 aliphatic heterocycles. The Labute approximate surface area is 837 Å². The second kappa shape index (κ2) is 39.5. The highest BCUT2D eigenvalue weighted by atomic mass is 79.9. The molecule has 0 aromatic heterocycles. The fourth-order valence-corrected chi connectivity index (χ4v) is 21.1. The molecular formula is C123H77Br4Cl3O6. The van der Waals surface area contributed by atoms with Crippen molar-refractivity contribution < 1.29 is 28.8 Å². The minimum atomic E-state index is -0.797. The van der Waals surface area contributed by atoms with Crippen LogP contribution in [0.2, 0.25) is 0 Å². The number of hydrogen-bond acceptors (Lipinski definition) is 6. The van der Waals surface area contributed by atoms with Crippen LogP contribution in [-0.4, -0.2) is 33.1 Å². The molecule has 22 rings (SSSR count). The monoisotopic (exact) mass is 2070 g/mol. The van der Waals surface area contributed by atoms with Gasteiger partial charge in [0, 0.05) is 68.0 Å². The SMILES string of the molecule is Brc1ccccc1.O=C(Cl)c1cc(C(=O)Cl)cc(C(=O)Cl)c1.O=C(c1ccc(Br)cc1)c1cc(C(=O)c2ccc(Br)cc2)cc(C(=O)c2ccc(Br)cc2)c1.c1ccc(-c2ccc(C3(c4cc(C5(c6ccc(-c7ccccc7)cc6)c6ccccc6-c6ccccc65)cc(C5(c6ccc(-c7ccccc7)cc6)c6ccccc6-c6ccccc65)c4)c4ccccc4-c4ccccc43)cc2)cc1. The summed E-state index contributed by atoms with van der Waals surface area (Å²) in [6.45, 7) is 0. The minimum absolute atomic E-state index is 0.00725. The number of ketones is 3. The second-order valence-corrected chi connectivity index (χ2v) is 38.1. The van der Waals surface area contributed by atoms with Gasteiger partial charge in [0.2, 0.25) is 0 Å². The molecule has 0 fully saturated rings. The lowest BCUT2D eigenvalue weighted by molar-refractivity contribution is 0.103. The van der Waals surface area contributed by atoms with Crippen molar-refractivity contribution in [2.24, 2.45) is 0 Å². The smallest absolute Gasteiger partial charge is 0.252 e. The van der Waals surface area contributed by atoms with Crippen molar-refractivity contribution in [2.75, 3.05) is 0 Å². The number of rotatable bonds is 18. The van der Waals surface area contributed by atoms with Crippen molar-refractivity contribution in [1.82, 2.24) is 0 Å². The Morgan fingerprint density at radius 2 is 0.338 bits per heavy atom. The van der Waals surface area contributed by atoms with Gasteiger partial charge in [-0.25, -0.2) is 0 Å². The molecule has 0 saturated heterocycles. The fraction of sp³-hybridized carbons (Fsp3) is 0.0244. The second-order valence-electron chi connectivity index (χ2n) is 33.4. The molecular weight excluding hydrogens is 2000 g/mol. The zero-order chi connectivity index (χ0) is 93.8. The first-order chi connectivity index (χ1) is 66.3. The van der Waals surface area contributed by atoms with E-state index in [2.05, 4.69) is 391 Å². The number of fused-ring (bicyclic) bond motifs is 9. The van der Waals surface area contributed by atoms with Gasteiger partial charge in [0.05, 0.1) is 16.2 Å². The molecule has 0 unspecified atom stereocenters. The third kappa shape index (κ3) is 17.5. The largest absolute Gasteiger partial charge is 0.289 e. The van der Waals surface area contributed by atoms with Crippen LogP contribution in [-0.2, 0) is 16.2 Å². The lowest BCUT2D eigenvalue weighted by Crippen LogP contribution is -2.35. The molecule has 0 N–H and O–H groups in total. The maximum atomic E-state index is 13.2. The lowest BCUT2D eigenvalue weighted by Gasteiger charge is -2.41. The first kappa shape index (κ1) is 91.1. The maximum Gasteiger partial charge on any atom is 0.252 e. The summed E-state index contributed by atoms with van der Waals surface area (Å²) in [6, 6.07) is 163. The van der Waals surface area contributed by atoms with Gasteiger partial charge in [-0.1, -0.05) is 410 Å². The Bertz CT molecular complexity index is 6940. The van der Waals surface area contributed by atoms with E-state index in [4.69, 9.17) is 34.8 Å². The molecule has 0 radical (unpaired) electrons. The third-order valence-electron chi connectivity index (χ3n) is 25.7. The predicted octanol–water partition coefficient (Wildman–Crippen LogP) is 32.7. The Kier molecular flexibility index (Phi) is 26.5. The minimum Gasteiger partial charge on any atom is -0.289 e. The molecule has 0 amide bonds. The summed E-state index contributed by atoms with van der Waals surface area (Å²) in [4.78, 5) is 72.2. The van der Waals surface area contributed by atoms with Gasteiger partial charge in [-0.05, 0) is 290 Å². The van der Waals surface area contributed by atoms with Gasteiger partial charge >= 0.3 is 0 Å². The standard InChI is InChI=1S/C81H54.C27H15Br3O3.C9H3Cl3O3.C6H5Br/c1-4-22-55(23-5-1)58-40-46-61(47-41-58)79(73-34-16-10-28-67(73)68-29-11-17-35-74(68)79)64-52-65(80(62-48-42-59(43-49-62)56-24-6-2-7-25-56)75-36-18-12-30-69(75)70-31-13-19-37-76(70)80)54-66(53-64)81(63-50-44-60(45-51-63)57-26-8-3-9-27-57)77-38-20-14-32-71(77)72-33-15-21-39-78(72)81;28-22-7-1-16(2-8-22)25(31)19-13-20(26(32)17-3-9-23(29)10-4-17)15-21(14-19)27(33)18-5-11-24(30)12-6-18;10-7(13)4-1-5(8(11)14)3-6(2-4)9(12)15;7-6-4-2-1-3-5-6/h1-54H;1-15H;1-3H;1-5H. The summed E-state index contributed by atoms with van der Waals surface area (Å²) in [5.41, 5.74) is 29.8. The summed E-state index contributed by atoms with van der Waals surface area (Å²) < 4.78 is 3.69. The molecule has 0 saturated carbocycles. The Morgan fingerprint density at radius 1 is 0.162 bits per heavy atom. The van der Waals surface area contributed by atoms with Gasteiger partial charge in [-0.3, -0.25) is 28.8 Å². The number of carbonyl (C=O) groups is 6. The lowest BCUT2D eigenvalue weighted by atomic mass is 9.60. The zero-order valence-corrected chi connectivity index (χ0v) is 81.2. The molecule has 3 aliphatic carbocycles. The van der Waals surface area contributed by atoms with Crippen LogP contribution in [0.5, 0.6) is 0 Å². The molecule has 19 aromatic rings. The third-order valence-corrected chi connectivity index (χ3v) is 28.5. The van der Waals surface area contributed by atoms with E-state index in [1.807, 2.05) is 30.3 Å². The highest BCUT2D eigenvalue weighted by Crippen LogP contribution is 2.63. The van der Waals surface area contributed by atoms with E-state index in [1.54, 1.807) is 91.0 Å². The molecule has 19 aromatic carbocycles. The van der Waals surface area contributed by atoms with Crippen LogP contribution in [0.25, 0.3) is 66.8 Å². The van der Waals surface area contributed by atoms with Crippen LogP contribution in [0.3, 0.4) is 0 Å². The highest BCUT2D eigenvalue weighted by Gasteiger charge is 2.53. The Balaban J connectivity index is 0.000000175. The van der Waals surface area contributed by atoms with Gasteiger partial charge in [-0.2, -0.15) is 0 Å². The molecule has 136 heavy (non-hydrogen) atoms. The fourth-order valence-electron chi connectivity index (χ4n) is 19.7. The van der Waals surface area contributed by atoms with E-state index < -0.39 is 32.0 Å². The summed E-state index contributed by atoms with van der Waals surface area (Å²) in [7, 11) is 0.